The van der Waals surface area contributed by atoms with E-state index in [1.165, 1.54) is 0 Å². The van der Waals surface area contributed by atoms with Crippen LogP contribution in [0.4, 0.5) is 0 Å². The van der Waals surface area contributed by atoms with Gasteiger partial charge in [0.25, 0.3) is 0 Å². The van der Waals surface area contributed by atoms with Gasteiger partial charge in [0.2, 0.25) is 0 Å². The minimum absolute atomic E-state index is 0.830. The standard InChI is InChI=1S/C14H19N3O2/c1-18-11-2-3-14-12(10-11)13(16-19-14)4-7-17-8-5-15-6-9-17/h2-3,10,15H,4-9H2,1H3. The lowest BCUT2D eigenvalue weighted by molar-refractivity contribution is 0.242. The summed E-state index contributed by atoms with van der Waals surface area (Å²) in [6.07, 6.45) is 0.917. The Morgan fingerprint density at radius 3 is 3.00 bits per heavy atom. The Kier molecular flexibility index (Phi) is 3.66. The van der Waals surface area contributed by atoms with Crippen LogP contribution >= 0.6 is 0 Å². The third kappa shape index (κ3) is 2.72. The van der Waals surface area contributed by atoms with Crippen LogP contribution in [0.15, 0.2) is 22.7 Å². The second-order valence-electron chi connectivity index (χ2n) is 4.83. The van der Waals surface area contributed by atoms with Crippen molar-refractivity contribution in [2.75, 3.05) is 39.8 Å². The van der Waals surface area contributed by atoms with E-state index in [4.69, 9.17) is 9.26 Å². The molecule has 1 fully saturated rings. The van der Waals surface area contributed by atoms with Crippen molar-refractivity contribution in [3.05, 3.63) is 23.9 Å². The highest BCUT2D eigenvalue weighted by atomic mass is 16.5. The summed E-state index contributed by atoms with van der Waals surface area (Å²) in [5.41, 5.74) is 1.85. The first-order valence-corrected chi connectivity index (χ1v) is 6.72. The SMILES string of the molecule is COc1ccc2onc(CCN3CCNCC3)c2c1. The molecule has 0 radical (unpaired) electrons. The van der Waals surface area contributed by atoms with Crippen molar-refractivity contribution in [2.24, 2.45) is 0 Å². The number of rotatable bonds is 4. The van der Waals surface area contributed by atoms with Crippen molar-refractivity contribution >= 4 is 11.0 Å². The van der Waals surface area contributed by atoms with E-state index in [9.17, 15) is 0 Å². The topological polar surface area (TPSA) is 50.5 Å². The van der Waals surface area contributed by atoms with E-state index >= 15 is 0 Å². The number of hydrogen-bond acceptors (Lipinski definition) is 5. The molecule has 2 aromatic rings. The molecule has 0 atom stereocenters. The van der Waals surface area contributed by atoms with Gasteiger partial charge in [-0.3, -0.25) is 0 Å². The number of benzene rings is 1. The summed E-state index contributed by atoms with van der Waals surface area (Å²) in [6.45, 7) is 5.40. The van der Waals surface area contributed by atoms with Crippen LogP contribution in [0.1, 0.15) is 5.69 Å². The number of methoxy groups -OCH3 is 1. The van der Waals surface area contributed by atoms with Gasteiger partial charge in [-0.05, 0) is 18.2 Å². The van der Waals surface area contributed by atoms with Gasteiger partial charge in [0.15, 0.2) is 5.58 Å². The number of piperazine rings is 1. The van der Waals surface area contributed by atoms with Crippen LogP contribution in [0.25, 0.3) is 11.0 Å². The maximum absolute atomic E-state index is 5.35. The molecule has 5 nitrogen and oxygen atoms in total. The van der Waals surface area contributed by atoms with E-state index in [-0.39, 0.29) is 0 Å². The quantitative estimate of drug-likeness (QED) is 0.898. The van der Waals surface area contributed by atoms with Gasteiger partial charge in [-0.1, -0.05) is 5.16 Å². The van der Waals surface area contributed by atoms with Crippen molar-refractivity contribution in [3.63, 3.8) is 0 Å². The monoisotopic (exact) mass is 261 g/mol. The van der Waals surface area contributed by atoms with Crippen molar-refractivity contribution in [3.8, 4) is 5.75 Å². The Morgan fingerprint density at radius 2 is 2.21 bits per heavy atom. The molecule has 5 heteroatoms. The molecular formula is C14H19N3O2. The summed E-state index contributed by atoms with van der Waals surface area (Å²) in [7, 11) is 1.68. The van der Waals surface area contributed by atoms with Crippen molar-refractivity contribution in [1.82, 2.24) is 15.4 Å². The molecule has 1 aromatic carbocycles. The molecule has 1 aliphatic rings. The number of nitrogens with one attached hydrogen (secondary N) is 1. The molecule has 0 bridgehead atoms. The van der Waals surface area contributed by atoms with Gasteiger partial charge in [0.1, 0.15) is 5.75 Å². The molecule has 0 spiro atoms. The number of fused-ring (bicyclic) bond motifs is 1. The van der Waals surface area contributed by atoms with Gasteiger partial charge < -0.3 is 19.5 Å². The Bertz CT molecular complexity index is 547. The smallest absolute Gasteiger partial charge is 0.167 e. The number of ether oxygens (including phenoxy) is 1. The first kappa shape index (κ1) is 12.4. The van der Waals surface area contributed by atoms with Gasteiger partial charge >= 0.3 is 0 Å². The predicted molar refractivity (Wildman–Crippen MR) is 73.6 cm³/mol. The fourth-order valence-corrected chi connectivity index (χ4v) is 2.47. The molecule has 19 heavy (non-hydrogen) atoms. The zero-order valence-corrected chi connectivity index (χ0v) is 11.2. The van der Waals surface area contributed by atoms with Crippen LogP contribution in [0, 0.1) is 0 Å². The highest BCUT2D eigenvalue weighted by Gasteiger charge is 2.13. The average Bonchev–Trinajstić information content (AvgIpc) is 2.88. The highest BCUT2D eigenvalue weighted by Crippen LogP contribution is 2.24. The maximum Gasteiger partial charge on any atom is 0.167 e. The Balaban J connectivity index is 1.72. The summed E-state index contributed by atoms with van der Waals surface area (Å²) >= 11 is 0. The fraction of sp³-hybridized carbons (Fsp3) is 0.500. The van der Waals surface area contributed by atoms with Crippen LogP contribution in [0.5, 0.6) is 5.75 Å². The van der Waals surface area contributed by atoms with Crippen molar-refractivity contribution < 1.29 is 9.26 Å². The van der Waals surface area contributed by atoms with E-state index < -0.39 is 0 Å². The van der Waals surface area contributed by atoms with Crippen LogP contribution < -0.4 is 10.1 Å². The molecular weight excluding hydrogens is 242 g/mol. The van der Waals surface area contributed by atoms with Crippen LogP contribution in [0.2, 0.25) is 0 Å². The van der Waals surface area contributed by atoms with Crippen molar-refractivity contribution in [1.29, 1.82) is 0 Å². The maximum atomic E-state index is 5.35. The van der Waals surface area contributed by atoms with Crippen LogP contribution in [-0.4, -0.2) is 49.9 Å². The molecule has 2 heterocycles. The molecule has 1 aliphatic heterocycles. The predicted octanol–water partition coefficient (Wildman–Crippen LogP) is 1.28. The normalized spacial score (nSPS) is 16.9. The molecule has 3 rings (SSSR count). The first-order chi connectivity index (χ1) is 9.36. The second kappa shape index (κ2) is 5.59. The summed E-state index contributed by atoms with van der Waals surface area (Å²) < 4.78 is 10.6. The van der Waals surface area contributed by atoms with Crippen molar-refractivity contribution in [2.45, 2.75) is 6.42 Å². The zero-order valence-electron chi connectivity index (χ0n) is 11.2. The van der Waals surface area contributed by atoms with Gasteiger partial charge in [0.05, 0.1) is 12.8 Å². The molecule has 0 saturated carbocycles. The molecule has 102 valence electrons. The number of hydrogen-bond donors (Lipinski definition) is 1. The largest absolute Gasteiger partial charge is 0.497 e. The Labute approximate surface area is 112 Å². The average molecular weight is 261 g/mol. The number of aromatic nitrogens is 1. The lowest BCUT2D eigenvalue weighted by Crippen LogP contribution is -2.44. The first-order valence-electron chi connectivity index (χ1n) is 6.72. The van der Waals surface area contributed by atoms with E-state index in [0.29, 0.717) is 0 Å². The summed E-state index contributed by atoms with van der Waals surface area (Å²) in [6, 6.07) is 5.81. The molecule has 0 amide bonds. The van der Waals surface area contributed by atoms with Gasteiger partial charge in [0, 0.05) is 44.5 Å². The lowest BCUT2D eigenvalue weighted by Gasteiger charge is -2.26. The minimum atomic E-state index is 0.830. The Hall–Kier alpha value is -1.59. The molecule has 1 N–H and O–H groups in total. The van der Waals surface area contributed by atoms with Gasteiger partial charge in [-0.15, -0.1) is 0 Å². The number of nitrogens with zero attached hydrogens (tertiary/aromatic N) is 2. The lowest BCUT2D eigenvalue weighted by atomic mass is 10.1. The van der Waals surface area contributed by atoms with Crippen LogP contribution in [-0.2, 0) is 6.42 Å². The molecule has 0 aliphatic carbocycles. The van der Waals surface area contributed by atoms with E-state index in [2.05, 4.69) is 15.4 Å². The third-order valence-corrected chi connectivity index (χ3v) is 3.63. The third-order valence-electron chi connectivity index (χ3n) is 3.63. The summed E-state index contributed by atoms with van der Waals surface area (Å²) in [5, 5.41) is 8.61. The van der Waals surface area contributed by atoms with Gasteiger partial charge in [-0.25, -0.2) is 0 Å². The highest BCUT2D eigenvalue weighted by molar-refractivity contribution is 5.81. The van der Waals surface area contributed by atoms with E-state index in [0.717, 1.165) is 61.6 Å². The van der Waals surface area contributed by atoms with E-state index in [1.54, 1.807) is 7.11 Å². The van der Waals surface area contributed by atoms with E-state index in [1.807, 2.05) is 18.2 Å². The minimum Gasteiger partial charge on any atom is -0.497 e. The second-order valence-corrected chi connectivity index (χ2v) is 4.83. The molecule has 1 aromatic heterocycles. The fourth-order valence-electron chi connectivity index (χ4n) is 2.47. The Morgan fingerprint density at radius 1 is 1.37 bits per heavy atom. The zero-order chi connectivity index (χ0) is 13.1. The van der Waals surface area contributed by atoms with Crippen LogP contribution in [0.3, 0.4) is 0 Å². The summed E-state index contributed by atoms with van der Waals surface area (Å²) in [5.74, 6) is 0.846. The van der Waals surface area contributed by atoms with Gasteiger partial charge in [-0.2, -0.15) is 0 Å². The molecule has 0 unspecified atom stereocenters. The summed E-state index contributed by atoms with van der Waals surface area (Å²) in [4.78, 5) is 2.46. The molecule has 1 saturated heterocycles.